The van der Waals surface area contributed by atoms with Crippen molar-refractivity contribution < 1.29 is 17.9 Å². The Morgan fingerprint density at radius 2 is 2.24 bits per heavy atom. The highest BCUT2D eigenvalue weighted by Gasteiger charge is 2.21. The van der Waals surface area contributed by atoms with E-state index in [0.29, 0.717) is 12.4 Å². The van der Waals surface area contributed by atoms with Crippen molar-refractivity contribution in [2.24, 2.45) is 0 Å². The first-order valence-corrected chi connectivity index (χ1v) is 8.82. The molecule has 5 nitrogen and oxygen atoms in total. The van der Waals surface area contributed by atoms with Crippen LogP contribution in [-0.4, -0.2) is 33.8 Å². The lowest BCUT2D eigenvalue weighted by atomic mass is 10.2. The Bertz CT molecular complexity index is 583. The van der Waals surface area contributed by atoms with E-state index >= 15 is 0 Å². The monoisotopic (exact) mass is 333 g/mol. The largest absolute Gasteiger partial charge is 0.489 e. The summed E-state index contributed by atoms with van der Waals surface area (Å²) in [6.07, 6.45) is 1.78. The number of hydrogen-bond acceptors (Lipinski definition) is 4. The molecular formula is C14H20ClNO4S. The average Bonchev–Trinajstić information content (AvgIpc) is 2.91. The first-order chi connectivity index (χ1) is 9.88. The van der Waals surface area contributed by atoms with Gasteiger partial charge in [-0.2, -0.15) is 0 Å². The van der Waals surface area contributed by atoms with E-state index in [1.165, 1.54) is 12.1 Å². The lowest BCUT2D eigenvalue weighted by Gasteiger charge is -2.14. The number of halogens is 1. The molecule has 7 heteroatoms. The minimum atomic E-state index is -3.59. The summed E-state index contributed by atoms with van der Waals surface area (Å²) < 4.78 is 37.9. The molecule has 1 saturated heterocycles. The summed E-state index contributed by atoms with van der Waals surface area (Å²) in [4.78, 5) is 0.126. The number of benzene rings is 1. The van der Waals surface area contributed by atoms with Gasteiger partial charge in [0.05, 0.1) is 22.1 Å². The predicted molar refractivity (Wildman–Crippen MR) is 81.4 cm³/mol. The van der Waals surface area contributed by atoms with Crippen LogP contribution in [0.25, 0.3) is 0 Å². The molecule has 1 N–H and O–H groups in total. The molecule has 2 rings (SSSR count). The van der Waals surface area contributed by atoms with Crippen LogP contribution in [0.4, 0.5) is 0 Å². The van der Waals surface area contributed by atoms with E-state index in [1.807, 2.05) is 13.8 Å². The normalized spacial score (nSPS) is 19.1. The summed E-state index contributed by atoms with van der Waals surface area (Å²) in [5, 5.41) is 0.281. The van der Waals surface area contributed by atoms with Crippen LogP contribution in [0.1, 0.15) is 26.7 Å². The molecule has 0 radical (unpaired) electrons. The Balaban J connectivity index is 2.06. The van der Waals surface area contributed by atoms with Crippen LogP contribution in [0.2, 0.25) is 5.02 Å². The maximum atomic E-state index is 12.2. The minimum Gasteiger partial charge on any atom is -0.489 e. The standard InChI is InChI=1S/C14H20ClNO4S/c1-10(2)20-14-6-5-12(8-13(14)15)21(17,18)16-9-11-4-3-7-19-11/h5-6,8,10-11,16H,3-4,7,9H2,1-2H3. The van der Waals surface area contributed by atoms with E-state index in [4.69, 9.17) is 21.1 Å². The highest BCUT2D eigenvalue weighted by Crippen LogP contribution is 2.28. The fourth-order valence-corrected chi connectivity index (χ4v) is 3.47. The lowest BCUT2D eigenvalue weighted by Crippen LogP contribution is -2.31. The number of rotatable bonds is 6. The van der Waals surface area contributed by atoms with Crippen LogP contribution >= 0.6 is 11.6 Å². The Morgan fingerprint density at radius 3 is 2.81 bits per heavy atom. The molecule has 118 valence electrons. The molecule has 0 bridgehead atoms. The van der Waals surface area contributed by atoms with Gasteiger partial charge in [0, 0.05) is 13.2 Å². The molecule has 0 amide bonds. The Kier molecular flexibility index (Phi) is 5.48. The summed E-state index contributed by atoms with van der Waals surface area (Å²) in [5.41, 5.74) is 0. The zero-order valence-electron chi connectivity index (χ0n) is 12.1. The molecule has 1 aromatic carbocycles. The van der Waals surface area contributed by atoms with E-state index in [-0.39, 0.29) is 28.7 Å². The smallest absolute Gasteiger partial charge is 0.240 e. The van der Waals surface area contributed by atoms with Gasteiger partial charge in [0.25, 0.3) is 0 Å². The van der Waals surface area contributed by atoms with Crippen molar-refractivity contribution in [3.8, 4) is 5.75 Å². The third kappa shape index (κ3) is 4.57. The van der Waals surface area contributed by atoms with Gasteiger partial charge in [-0.05, 0) is 44.9 Å². The van der Waals surface area contributed by atoms with Crippen LogP contribution in [-0.2, 0) is 14.8 Å². The Labute approximate surface area is 130 Å². The maximum absolute atomic E-state index is 12.2. The van der Waals surface area contributed by atoms with Gasteiger partial charge in [0.2, 0.25) is 10.0 Å². The van der Waals surface area contributed by atoms with E-state index < -0.39 is 10.0 Å². The van der Waals surface area contributed by atoms with Gasteiger partial charge in [-0.15, -0.1) is 0 Å². The van der Waals surface area contributed by atoms with Crippen molar-refractivity contribution in [1.82, 2.24) is 4.72 Å². The van der Waals surface area contributed by atoms with Gasteiger partial charge >= 0.3 is 0 Å². The molecule has 1 heterocycles. The third-order valence-electron chi connectivity index (χ3n) is 3.10. The molecule has 1 aromatic rings. The van der Waals surface area contributed by atoms with Gasteiger partial charge in [-0.3, -0.25) is 0 Å². The van der Waals surface area contributed by atoms with Crippen molar-refractivity contribution in [2.45, 2.75) is 43.8 Å². The molecule has 21 heavy (non-hydrogen) atoms. The maximum Gasteiger partial charge on any atom is 0.240 e. The second-order valence-corrected chi connectivity index (χ2v) is 7.42. The fourth-order valence-electron chi connectivity index (χ4n) is 2.09. The van der Waals surface area contributed by atoms with Gasteiger partial charge in [-0.25, -0.2) is 13.1 Å². The molecule has 1 aliphatic rings. The molecule has 0 aliphatic carbocycles. The van der Waals surface area contributed by atoms with E-state index in [1.54, 1.807) is 6.07 Å². The van der Waals surface area contributed by atoms with Crippen LogP contribution in [0, 0.1) is 0 Å². The molecule has 1 aliphatic heterocycles. The second-order valence-electron chi connectivity index (χ2n) is 5.25. The molecule has 0 saturated carbocycles. The first-order valence-electron chi connectivity index (χ1n) is 6.96. The lowest BCUT2D eigenvalue weighted by molar-refractivity contribution is 0.114. The van der Waals surface area contributed by atoms with Gasteiger partial charge in [0.1, 0.15) is 5.75 Å². The first kappa shape index (κ1) is 16.5. The van der Waals surface area contributed by atoms with Crippen molar-refractivity contribution in [1.29, 1.82) is 0 Å². The quantitative estimate of drug-likeness (QED) is 0.869. The Hall–Kier alpha value is -0.820. The van der Waals surface area contributed by atoms with Crippen LogP contribution in [0.15, 0.2) is 23.1 Å². The summed E-state index contributed by atoms with van der Waals surface area (Å²) >= 11 is 6.06. The Morgan fingerprint density at radius 1 is 1.48 bits per heavy atom. The molecular weight excluding hydrogens is 314 g/mol. The summed E-state index contributed by atoms with van der Waals surface area (Å²) in [6, 6.07) is 4.46. The predicted octanol–water partition coefficient (Wildman–Crippen LogP) is 2.58. The average molecular weight is 334 g/mol. The number of hydrogen-bond donors (Lipinski definition) is 1. The van der Waals surface area contributed by atoms with Crippen molar-refractivity contribution >= 4 is 21.6 Å². The third-order valence-corrected chi connectivity index (χ3v) is 4.82. The van der Waals surface area contributed by atoms with Gasteiger partial charge in [-0.1, -0.05) is 11.6 Å². The topological polar surface area (TPSA) is 64.6 Å². The molecule has 0 spiro atoms. The summed E-state index contributed by atoms with van der Waals surface area (Å²) in [7, 11) is -3.59. The molecule has 1 atom stereocenters. The van der Waals surface area contributed by atoms with Crippen LogP contribution < -0.4 is 9.46 Å². The SMILES string of the molecule is CC(C)Oc1ccc(S(=O)(=O)NCC2CCCO2)cc1Cl. The van der Waals surface area contributed by atoms with Crippen LogP contribution in [0.5, 0.6) is 5.75 Å². The van der Waals surface area contributed by atoms with Crippen molar-refractivity contribution in [3.05, 3.63) is 23.2 Å². The molecule has 1 fully saturated rings. The number of ether oxygens (including phenoxy) is 2. The van der Waals surface area contributed by atoms with E-state index in [9.17, 15) is 8.42 Å². The minimum absolute atomic E-state index is 0.0254. The van der Waals surface area contributed by atoms with Crippen molar-refractivity contribution in [3.63, 3.8) is 0 Å². The van der Waals surface area contributed by atoms with Crippen LogP contribution in [0.3, 0.4) is 0 Å². The summed E-state index contributed by atoms with van der Waals surface area (Å²) in [5.74, 6) is 0.477. The van der Waals surface area contributed by atoms with Gasteiger partial charge in [0.15, 0.2) is 0 Å². The highest BCUT2D eigenvalue weighted by molar-refractivity contribution is 7.89. The second kappa shape index (κ2) is 6.96. The zero-order chi connectivity index (χ0) is 15.5. The van der Waals surface area contributed by atoms with Crippen molar-refractivity contribution in [2.75, 3.05) is 13.2 Å². The van der Waals surface area contributed by atoms with E-state index in [0.717, 1.165) is 12.8 Å². The fraction of sp³-hybridized carbons (Fsp3) is 0.571. The number of sulfonamides is 1. The molecule has 1 unspecified atom stereocenters. The molecule has 0 aromatic heterocycles. The van der Waals surface area contributed by atoms with E-state index in [2.05, 4.69) is 4.72 Å². The highest BCUT2D eigenvalue weighted by atomic mass is 35.5. The van der Waals surface area contributed by atoms with Gasteiger partial charge < -0.3 is 9.47 Å². The summed E-state index contributed by atoms with van der Waals surface area (Å²) in [6.45, 7) is 4.73. The zero-order valence-corrected chi connectivity index (χ0v) is 13.7. The number of nitrogens with one attached hydrogen (secondary N) is 1.